The molecule has 1 radical (unpaired) electrons. The van der Waals surface area contributed by atoms with Crippen LogP contribution in [0.1, 0.15) is 6.42 Å². The summed E-state index contributed by atoms with van der Waals surface area (Å²) in [6, 6.07) is 0. The Morgan fingerprint density at radius 1 is 1.50 bits per heavy atom. The average Bonchev–Trinajstić information content (AvgIpc) is 1.88. The van der Waals surface area contributed by atoms with Crippen LogP contribution >= 0.6 is 0 Å². The van der Waals surface area contributed by atoms with E-state index in [2.05, 4.69) is 0 Å². The van der Waals surface area contributed by atoms with Crippen LogP contribution in [-0.2, 0) is 9.84 Å². The summed E-state index contributed by atoms with van der Waals surface area (Å²) in [5.41, 5.74) is 0. The van der Waals surface area contributed by atoms with E-state index < -0.39 is 9.84 Å². The Kier molecular flexibility index (Phi) is 1.94. The third-order valence-corrected chi connectivity index (χ3v) is 2.44. The molecule has 0 aromatic heterocycles. The van der Waals surface area contributed by atoms with Gasteiger partial charge < -0.3 is 0 Å². The number of hydrogen-bond donors (Lipinski definition) is 0. The number of sulfone groups is 1. The molecule has 0 N–H and O–H groups in total. The van der Waals surface area contributed by atoms with Crippen LogP contribution in [0.3, 0.4) is 0 Å². The van der Waals surface area contributed by atoms with Crippen LogP contribution in [0.5, 0.6) is 0 Å². The van der Waals surface area contributed by atoms with Crippen LogP contribution in [0.15, 0.2) is 23.1 Å². The Labute approximate surface area is 61.2 Å². The molecule has 1 rings (SSSR count). The third-order valence-electron chi connectivity index (χ3n) is 1.28. The maximum Gasteiger partial charge on any atom is 0.172 e. The average molecular weight is 157 g/mol. The van der Waals surface area contributed by atoms with Crippen LogP contribution in [0, 0.1) is 6.42 Å². The summed E-state index contributed by atoms with van der Waals surface area (Å²) in [5, 5.41) is 0. The Morgan fingerprint density at radius 3 is 2.50 bits per heavy atom. The smallest absolute Gasteiger partial charge is 0.172 e. The third kappa shape index (κ3) is 1.70. The second-order valence-corrected chi connectivity index (χ2v) is 4.22. The van der Waals surface area contributed by atoms with E-state index >= 15 is 0 Å². The summed E-state index contributed by atoms with van der Waals surface area (Å²) in [6.07, 6.45) is 8.92. The maximum atomic E-state index is 10.9. The predicted molar refractivity (Wildman–Crippen MR) is 41.0 cm³/mol. The van der Waals surface area contributed by atoms with Gasteiger partial charge >= 0.3 is 0 Å². The normalized spacial score (nSPS) is 18.7. The number of rotatable bonds is 1. The zero-order valence-electron chi connectivity index (χ0n) is 5.74. The minimum Gasteiger partial charge on any atom is -0.224 e. The van der Waals surface area contributed by atoms with E-state index in [1.807, 2.05) is 6.08 Å². The molecular weight excluding hydrogens is 148 g/mol. The predicted octanol–water partition coefficient (Wildman–Crippen LogP) is 1.08. The van der Waals surface area contributed by atoms with Crippen LogP contribution < -0.4 is 0 Å². The van der Waals surface area contributed by atoms with E-state index in [4.69, 9.17) is 0 Å². The molecule has 10 heavy (non-hydrogen) atoms. The summed E-state index contributed by atoms with van der Waals surface area (Å²) in [5.74, 6) is 0. The number of allylic oxidation sites excluding steroid dienone is 4. The highest BCUT2D eigenvalue weighted by Crippen LogP contribution is 2.15. The van der Waals surface area contributed by atoms with Crippen molar-refractivity contribution in [3.8, 4) is 0 Å². The molecule has 0 bridgehead atoms. The van der Waals surface area contributed by atoms with Crippen LogP contribution in [-0.4, -0.2) is 14.7 Å². The lowest BCUT2D eigenvalue weighted by molar-refractivity contribution is 0.607. The molecular formula is C7H9O2S. The zero-order chi connectivity index (χ0) is 7.61. The SMILES string of the molecule is CS(=O)(=O)C1=CC=CC[CH]1. The molecule has 0 amide bonds. The molecule has 2 nitrogen and oxygen atoms in total. The van der Waals surface area contributed by atoms with Crippen molar-refractivity contribution in [2.75, 3.05) is 6.26 Å². The molecule has 0 atom stereocenters. The van der Waals surface area contributed by atoms with Gasteiger partial charge in [-0.15, -0.1) is 0 Å². The summed E-state index contributed by atoms with van der Waals surface area (Å²) < 4.78 is 21.7. The quantitative estimate of drug-likeness (QED) is 0.570. The van der Waals surface area contributed by atoms with Gasteiger partial charge in [-0.05, 0) is 12.5 Å². The summed E-state index contributed by atoms with van der Waals surface area (Å²) in [7, 11) is -2.97. The highest BCUT2D eigenvalue weighted by molar-refractivity contribution is 7.94. The van der Waals surface area contributed by atoms with Crippen molar-refractivity contribution in [2.45, 2.75) is 6.42 Å². The molecule has 0 fully saturated rings. The molecule has 0 spiro atoms. The summed E-state index contributed by atoms with van der Waals surface area (Å²) >= 11 is 0. The topological polar surface area (TPSA) is 34.1 Å². The van der Waals surface area contributed by atoms with Crippen LogP contribution in [0.25, 0.3) is 0 Å². The fourth-order valence-corrected chi connectivity index (χ4v) is 1.49. The molecule has 1 aliphatic carbocycles. The fourth-order valence-electron chi connectivity index (χ4n) is 0.769. The van der Waals surface area contributed by atoms with Crippen molar-refractivity contribution in [3.63, 3.8) is 0 Å². The van der Waals surface area contributed by atoms with Crippen molar-refractivity contribution in [2.24, 2.45) is 0 Å². The molecule has 0 heterocycles. The molecule has 0 saturated carbocycles. The van der Waals surface area contributed by atoms with Crippen molar-refractivity contribution in [1.29, 1.82) is 0 Å². The van der Waals surface area contributed by atoms with Gasteiger partial charge in [0.2, 0.25) is 0 Å². The van der Waals surface area contributed by atoms with Crippen LogP contribution in [0.4, 0.5) is 0 Å². The molecule has 55 valence electrons. The van der Waals surface area contributed by atoms with E-state index in [-0.39, 0.29) is 0 Å². The standard InChI is InChI=1S/C7H9O2S/c1-10(8,9)7-5-3-2-4-6-7/h2-3,5-6H,4H2,1H3. The van der Waals surface area contributed by atoms with Gasteiger partial charge in [-0.2, -0.15) is 0 Å². The minimum absolute atomic E-state index is 0.426. The van der Waals surface area contributed by atoms with Gasteiger partial charge in [-0.25, -0.2) is 8.42 Å². The van der Waals surface area contributed by atoms with Gasteiger partial charge in [0.15, 0.2) is 9.84 Å². The molecule has 3 heteroatoms. The first-order valence-corrected chi connectivity index (χ1v) is 4.90. The second kappa shape index (κ2) is 2.58. The van der Waals surface area contributed by atoms with Gasteiger partial charge in [0, 0.05) is 17.6 Å². The van der Waals surface area contributed by atoms with E-state index in [9.17, 15) is 8.42 Å². The number of hydrogen-bond acceptors (Lipinski definition) is 2. The lowest BCUT2D eigenvalue weighted by atomic mass is 10.2. The lowest BCUT2D eigenvalue weighted by Gasteiger charge is -2.04. The summed E-state index contributed by atoms with van der Waals surface area (Å²) in [6.45, 7) is 0. The van der Waals surface area contributed by atoms with Gasteiger partial charge in [0.25, 0.3) is 0 Å². The first-order valence-electron chi connectivity index (χ1n) is 3.01. The van der Waals surface area contributed by atoms with Crippen LogP contribution in [0.2, 0.25) is 0 Å². The molecule has 1 aliphatic rings. The molecule has 0 aliphatic heterocycles. The Hall–Kier alpha value is -0.570. The van der Waals surface area contributed by atoms with Gasteiger partial charge in [0.1, 0.15) is 0 Å². The zero-order valence-corrected chi connectivity index (χ0v) is 6.56. The van der Waals surface area contributed by atoms with Crippen molar-refractivity contribution in [1.82, 2.24) is 0 Å². The Bertz CT molecular complexity index is 270. The van der Waals surface area contributed by atoms with E-state index in [1.165, 1.54) is 6.26 Å². The first kappa shape index (κ1) is 7.54. The van der Waals surface area contributed by atoms with Gasteiger partial charge in [-0.1, -0.05) is 12.2 Å². The second-order valence-electron chi connectivity index (χ2n) is 2.21. The summed E-state index contributed by atoms with van der Waals surface area (Å²) in [4.78, 5) is 0.426. The van der Waals surface area contributed by atoms with Crippen molar-refractivity contribution >= 4 is 9.84 Å². The lowest BCUT2D eigenvalue weighted by Crippen LogP contribution is -2.02. The monoisotopic (exact) mass is 157 g/mol. The highest BCUT2D eigenvalue weighted by Gasteiger charge is 2.10. The fraction of sp³-hybridized carbons (Fsp3) is 0.286. The molecule has 0 unspecified atom stereocenters. The molecule has 0 aromatic carbocycles. The Morgan fingerprint density at radius 2 is 2.20 bits per heavy atom. The van der Waals surface area contributed by atoms with Gasteiger partial charge in [0.05, 0.1) is 0 Å². The Balaban J connectivity index is 2.93. The maximum absolute atomic E-state index is 10.9. The van der Waals surface area contributed by atoms with Crippen molar-refractivity contribution < 1.29 is 8.42 Å². The first-order chi connectivity index (χ1) is 4.61. The van der Waals surface area contributed by atoms with E-state index in [1.54, 1.807) is 18.6 Å². The molecule has 0 aromatic rings. The van der Waals surface area contributed by atoms with E-state index in [0.29, 0.717) is 4.91 Å². The van der Waals surface area contributed by atoms with Crippen molar-refractivity contribution in [3.05, 3.63) is 29.6 Å². The minimum atomic E-state index is -2.97. The molecule has 0 saturated heterocycles. The highest BCUT2D eigenvalue weighted by atomic mass is 32.2. The van der Waals surface area contributed by atoms with Gasteiger partial charge in [-0.3, -0.25) is 0 Å². The largest absolute Gasteiger partial charge is 0.224 e. The van der Waals surface area contributed by atoms with E-state index in [0.717, 1.165) is 6.42 Å².